The van der Waals surface area contributed by atoms with Gasteiger partial charge in [-0.2, -0.15) is 0 Å². The van der Waals surface area contributed by atoms with E-state index in [1.165, 1.54) is 16.6 Å². The number of likely N-dealkylation sites (N-methyl/N-ethyl adjacent to an activating group) is 1. The average molecular weight is 323 g/mol. The Hall–Kier alpha value is -2.07. The number of nitrogens with zero attached hydrogens (tertiary/aromatic N) is 2. The molecule has 24 heavy (non-hydrogen) atoms. The minimum absolute atomic E-state index is 0.0430. The van der Waals surface area contributed by atoms with Crippen molar-refractivity contribution in [1.29, 1.82) is 0 Å². The Bertz CT molecular complexity index is 857. The molecule has 126 valence electrons. The second-order valence-electron chi connectivity index (χ2n) is 7.18. The molecule has 0 fully saturated rings. The Labute approximate surface area is 142 Å². The molecule has 0 spiro atoms. The number of amides is 1. The molecule has 1 atom stereocenters. The van der Waals surface area contributed by atoms with Crippen molar-refractivity contribution in [2.75, 3.05) is 13.6 Å². The van der Waals surface area contributed by atoms with Gasteiger partial charge in [0.25, 0.3) is 5.91 Å². The Morgan fingerprint density at radius 3 is 2.67 bits per heavy atom. The Kier molecular flexibility index (Phi) is 3.36. The van der Waals surface area contributed by atoms with Gasteiger partial charge in [0.05, 0.1) is 11.6 Å². The average Bonchev–Trinajstić information content (AvgIpc) is 2.93. The van der Waals surface area contributed by atoms with E-state index in [1.807, 2.05) is 6.07 Å². The molecule has 2 aromatic rings. The van der Waals surface area contributed by atoms with Crippen LogP contribution in [0.2, 0.25) is 0 Å². The van der Waals surface area contributed by atoms with Crippen LogP contribution in [0.3, 0.4) is 0 Å². The molecule has 1 amide bonds. The van der Waals surface area contributed by atoms with Crippen molar-refractivity contribution in [3.8, 4) is 0 Å². The maximum atomic E-state index is 12.3. The summed E-state index contributed by atoms with van der Waals surface area (Å²) in [5.74, 6) is -0.337. The number of benzene rings is 1. The van der Waals surface area contributed by atoms with Gasteiger partial charge in [-0.25, -0.2) is 0 Å². The SMILES string of the molecule is CCC1(CC)C=C(C(N)=O)n2c3c(c4ccccc42)CCN(C)[C@H]31. The number of primary amides is 1. The number of aromatic nitrogens is 1. The van der Waals surface area contributed by atoms with Crippen molar-refractivity contribution >= 4 is 22.5 Å². The second-order valence-corrected chi connectivity index (χ2v) is 7.18. The highest BCUT2D eigenvalue weighted by Crippen LogP contribution is 2.53. The smallest absolute Gasteiger partial charge is 0.265 e. The van der Waals surface area contributed by atoms with Crippen LogP contribution in [0.15, 0.2) is 30.3 Å². The fraction of sp³-hybridized carbons (Fsp3) is 0.450. The van der Waals surface area contributed by atoms with Gasteiger partial charge in [-0.15, -0.1) is 0 Å². The van der Waals surface area contributed by atoms with Crippen molar-refractivity contribution in [2.45, 2.75) is 39.2 Å². The zero-order valence-electron chi connectivity index (χ0n) is 14.7. The van der Waals surface area contributed by atoms with Crippen LogP contribution in [-0.2, 0) is 11.2 Å². The number of carbonyl (C=O) groups is 1. The van der Waals surface area contributed by atoms with Crippen molar-refractivity contribution in [3.05, 3.63) is 41.6 Å². The molecule has 4 heteroatoms. The van der Waals surface area contributed by atoms with Crippen LogP contribution in [0, 0.1) is 5.41 Å². The van der Waals surface area contributed by atoms with Gasteiger partial charge in [0.1, 0.15) is 5.70 Å². The summed E-state index contributed by atoms with van der Waals surface area (Å²) in [5, 5.41) is 1.26. The van der Waals surface area contributed by atoms with Gasteiger partial charge in [-0.1, -0.05) is 32.0 Å². The summed E-state index contributed by atoms with van der Waals surface area (Å²) in [5.41, 5.74) is 10.2. The lowest BCUT2D eigenvalue weighted by Gasteiger charge is -2.48. The van der Waals surface area contributed by atoms with E-state index in [0.29, 0.717) is 11.7 Å². The van der Waals surface area contributed by atoms with Gasteiger partial charge in [-0.3, -0.25) is 9.69 Å². The van der Waals surface area contributed by atoms with E-state index in [0.717, 1.165) is 31.3 Å². The third-order valence-electron chi connectivity index (χ3n) is 6.21. The summed E-state index contributed by atoms with van der Waals surface area (Å²) in [6.45, 7) is 5.49. The zero-order chi connectivity index (χ0) is 17.1. The molecule has 0 aliphatic carbocycles. The number of carbonyl (C=O) groups excluding carboxylic acids is 1. The predicted molar refractivity (Wildman–Crippen MR) is 97.5 cm³/mol. The lowest BCUT2D eigenvalue weighted by molar-refractivity contribution is -0.113. The fourth-order valence-electron chi connectivity index (χ4n) is 4.91. The van der Waals surface area contributed by atoms with E-state index in [1.54, 1.807) is 0 Å². The Morgan fingerprint density at radius 2 is 2.00 bits per heavy atom. The predicted octanol–water partition coefficient (Wildman–Crippen LogP) is 3.32. The molecular formula is C20H25N3O. The molecule has 0 radical (unpaired) electrons. The summed E-state index contributed by atoms with van der Waals surface area (Å²) in [6, 6.07) is 8.70. The molecule has 0 saturated heterocycles. The van der Waals surface area contributed by atoms with Crippen LogP contribution >= 0.6 is 0 Å². The molecular weight excluding hydrogens is 298 g/mol. The van der Waals surface area contributed by atoms with Gasteiger partial charge < -0.3 is 10.3 Å². The van der Waals surface area contributed by atoms with Crippen molar-refractivity contribution < 1.29 is 4.79 Å². The maximum Gasteiger partial charge on any atom is 0.265 e. The normalized spacial score (nSPS) is 22.3. The Morgan fingerprint density at radius 1 is 1.29 bits per heavy atom. The molecule has 4 nitrogen and oxygen atoms in total. The monoisotopic (exact) mass is 323 g/mol. The van der Waals surface area contributed by atoms with Crippen LogP contribution in [0.25, 0.3) is 16.6 Å². The van der Waals surface area contributed by atoms with E-state index in [4.69, 9.17) is 5.73 Å². The lowest BCUT2D eigenvalue weighted by atomic mass is 9.69. The van der Waals surface area contributed by atoms with Gasteiger partial charge in [-0.05, 0) is 44.0 Å². The van der Waals surface area contributed by atoms with E-state index in [-0.39, 0.29) is 11.3 Å². The minimum atomic E-state index is -0.337. The number of para-hydroxylation sites is 1. The number of rotatable bonds is 3. The molecule has 0 saturated carbocycles. The first-order chi connectivity index (χ1) is 11.5. The van der Waals surface area contributed by atoms with Crippen LogP contribution in [0.5, 0.6) is 0 Å². The first-order valence-electron chi connectivity index (χ1n) is 8.89. The van der Waals surface area contributed by atoms with Crippen molar-refractivity contribution in [3.63, 3.8) is 0 Å². The summed E-state index contributed by atoms with van der Waals surface area (Å²) in [4.78, 5) is 14.8. The highest BCUT2D eigenvalue weighted by molar-refractivity contribution is 6.15. The molecule has 2 N–H and O–H groups in total. The van der Waals surface area contributed by atoms with E-state index < -0.39 is 0 Å². The topological polar surface area (TPSA) is 51.3 Å². The van der Waals surface area contributed by atoms with Crippen LogP contribution < -0.4 is 5.73 Å². The molecule has 4 rings (SSSR count). The number of hydrogen-bond acceptors (Lipinski definition) is 2. The standard InChI is InChI=1S/C20H25N3O/c1-4-20(5-2)12-16(19(21)24)23-15-9-7-6-8-13(15)14-10-11-22(3)18(20)17(14)23/h6-9,12,18H,4-5,10-11H2,1-3H3,(H2,21,24)/t18-/m1/s1. The quantitative estimate of drug-likeness (QED) is 0.942. The summed E-state index contributed by atoms with van der Waals surface area (Å²) < 4.78 is 2.14. The van der Waals surface area contributed by atoms with Gasteiger partial charge in [0, 0.05) is 23.0 Å². The first kappa shape index (κ1) is 15.5. The fourth-order valence-corrected chi connectivity index (χ4v) is 4.91. The zero-order valence-corrected chi connectivity index (χ0v) is 14.7. The van der Waals surface area contributed by atoms with Crippen LogP contribution in [0.4, 0.5) is 0 Å². The summed E-state index contributed by atoms with van der Waals surface area (Å²) in [7, 11) is 2.21. The van der Waals surface area contributed by atoms with E-state index in [2.05, 4.69) is 54.6 Å². The Balaban J connectivity index is 2.14. The van der Waals surface area contributed by atoms with Gasteiger partial charge in [0.2, 0.25) is 0 Å². The van der Waals surface area contributed by atoms with Gasteiger partial charge in [0.15, 0.2) is 0 Å². The third kappa shape index (κ3) is 1.80. The third-order valence-corrected chi connectivity index (χ3v) is 6.21. The minimum Gasteiger partial charge on any atom is -0.364 e. The van der Waals surface area contributed by atoms with Crippen molar-refractivity contribution in [2.24, 2.45) is 11.1 Å². The molecule has 2 aliphatic rings. The molecule has 0 unspecified atom stereocenters. The van der Waals surface area contributed by atoms with Crippen LogP contribution in [-0.4, -0.2) is 29.0 Å². The van der Waals surface area contributed by atoms with Crippen LogP contribution in [0.1, 0.15) is 44.0 Å². The molecule has 1 aromatic carbocycles. The van der Waals surface area contributed by atoms with Gasteiger partial charge >= 0.3 is 0 Å². The van der Waals surface area contributed by atoms with E-state index in [9.17, 15) is 4.79 Å². The molecule has 1 aromatic heterocycles. The number of nitrogens with two attached hydrogens (primary N) is 1. The second kappa shape index (κ2) is 5.21. The highest BCUT2D eigenvalue weighted by atomic mass is 16.1. The molecule has 0 bridgehead atoms. The summed E-state index contributed by atoms with van der Waals surface area (Å²) >= 11 is 0. The maximum absolute atomic E-state index is 12.3. The molecule has 2 aliphatic heterocycles. The molecule has 3 heterocycles. The number of fused-ring (bicyclic) bond motifs is 3. The van der Waals surface area contributed by atoms with E-state index >= 15 is 0 Å². The summed E-state index contributed by atoms with van der Waals surface area (Å²) in [6.07, 6.45) is 5.17. The largest absolute Gasteiger partial charge is 0.364 e. The lowest BCUT2D eigenvalue weighted by Crippen LogP contribution is -2.46. The highest BCUT2D eigenvalue weighted by Gasteiger charge is 2.47. The van der Waals surface area contributed by atoms with Crippen molar-refractivity contribution in [1.82, 2.24) is 9.47 Å². The first-order valence-corrected chi connectivity index (χ1v) is 8.89. The number of hydrogen-bond donors (Lipinski definition) is 1.